The highest BCUT2D eigenvalue weighted by atomic mass is 16.4. The number of imidazole rings is 1. The monoisotopic (exact) mass is 458 g/mol. The predicted molar refractivity (Wildman–Crippen MR) is 105 cm³/mol. The third kappa shape index (κ3) is 8.29. The van der Waals surface area contributed by atoms with Crippen LogP contribution in [0, 0.1) is 0 Å². The van der Waals surface area contributed by atoms with E-state index in [0.29, 0.717) is 5.69 Å². The summed E-state index contributed by atoms with van der Waals surface area (Å²) in [4.78, 5) is 66.0. The molecule has 0 aromatic carbocycles. The number of nitrogens with one attached hydrogen (secondary N) is 4. The van der Waals surface area contributed by atoms with Gasteiger partial charge in [0.25, 0.3) is 0 Å². The van der Waals surface area contributed by atoms with Crippen LogP contribution in [0.15, 0.2) is 12.5 Å². The molecule has 10 N–H and O–H groups in total. The van der Waals surface area contributed by atoms with E-state index in [4.69, 9.17) is 21.1 Å². The molecule has 3 amide bonds. The Bertz CT molecular complexity index is 813. The highest BCUT2D eigenvalue weighted by Gasteiger charge is 2.33. The maximum atomic E-state index is 12.8. The molecule has 15 nitrogen and oxygen atoms in total. The highest BCUT2D eigenvalue weighted by Crippen LogP contribution is 2.03. The molecule has 0 bridgehead atoms. The van der Waals surface area contributed by atoms with Crippen LogP contribution in [0.2, 0.25) is 0 Å². The van der Waals surface area contributed by atoms with E-state index >= 15 is 0 Å². The molecule has 178 valence electrons. The van der Waals surface area contributed by atoms with Gasteiger partial charge in [-0.25, -0.2) is 9.78 Å². The van der Waals surface area contributed by atoms with Gasteiger partial charge in [-0.3, -0.25) is 19.2 Å². The van der Waals surface area contributed by atoms with E-state index in [2.05, 4.69) is 20.6 Å². The van der Waals surface area contributed by atoms with Gasteiger partial charge >= 0.3 is 11.9 Å². The molecule has 1 heterocycles. The largest absolute Gasteiger partial charge is 0.481 e. The lowest BCUT2D eigenvalue weighted by atomic mass is 10.1. The zero-order valence-electron chi connectivity index (χ0n) is 17.0. The lowest BCUT2D eigenvalue weighted by molar-refractivity contribution is -0.146. The minimum atomic E-state index is -1.75. The van der Waals surface area contributed by atoms with Gasteiger partial charge in [0.15, 0.2) is 6.04 Å². The Morgan fingerprint density at radius 1 is 1.06 bits per heavy atom. The van der Waals surface area contributed by atoms with Gasteiger partial charge in [-0.05, 0) is 6.92 Å². The number of nitrogens with two attached hydrogens (primary N) is 1. The second-order valence-corrected chi connectivity index (χ2v) is 6.86. The molecule has 0 aliphatic rings. The van der Waals surface area contributed by atoms with Crippen molar-refractivity contribution in [3.8, 4) is 0 Å². The number of carboxylic acids is 2. The fourth-order valence-electron chi connectivity index (χ4n) is 2.49. The lowest BCUT2D eigenvalue weighted by Crippen LogP contribution is -2.59. The van der Waals surface area contributed by atoms with E-state index in [1.807, 2.05) is 5.32 Å². The minimum Gasteiger partial charge on any atom is -0.481 e. The Hall–Kier alpha value is -3.56. The molecule has 1 aromatic heterocycles. The number of hydrogen-bond acceptors (Lipinski definition) is 9. The normalized spacial score (nSPS) is 15.5. The average molecular weight is 458 g/mol. The molecule has 5 atom stereocenters. The number of carboxylic acid groups (broad SMARTS) is 2. The Morgan fingerprint density at radius 3 is 2.12 bits per heavy atom. The summed E-state index contributed by atoms with van der Waals surface area (Å²) in [5.41, 5.74) is 5.84. The van der Waals surface area contributed by atoms with Gasteiger partial charge in [0.2, 0.25) is 17.7 Å². The van der Waals surface area contributed by atoms with Gasteiger partial charge in [0, 0.05) is 18.3 Å². The third-order valence-corrected chi connectivity index (χ3v) is 4.20. The first kappa shape index (κ1) is 26.5. The molecule has 0 saturated heterocycles. The molecule has 1 rings (SSSR count). The quantitative estimate of drug-likeness (QED) is 0.136. The van der Waals surface area contributed by atoms with Gasteiger partial charge in [0.05, 0.1) is 25.5 Å². The molecule has 0 aliphatic carbocycles. The summed E-state index contributed by atoms with van der Waals surface area (Å²) in [6.45, 7) is 0.397. The molecule has 15 heteroatoms. The number of carbonyl (C=O) groups excluding carboxylic acids is 3. The van der Waals surface area contributed by atoms with Crippen molar-refractivity contribution in [2.24, 2.45) is 5.73 Å². The second-order valence-electron chi connectivity index (χ2n) is 6.86. The summed E-state index contributed by atoms with van der Waals surface area (Å²) in [7, 11) is 0. The summed E-state index contributed by atoms with van der Waals surface area (Å²) >= 11 is 0. The number of rotatable bonds is 13. The highest BCUT2D eigenvalue weighted by molar-refractivity contribution is 5.95. The summed E-state index contributed by atoms with van der Waals surface area (Å²) in [5.74, 6) is -6.09. The van der Waals surface area contributed by atoms with Crippen LogP contribution in [0.4, 0.5) is 0 Å². The van der Waals surface area contributed by atoms with Crippen molar-refractivity contribution in [2.45, 2.75) is 50.0 Å². The molecule has 0 saturated carbocycles. The standard InChI is InChI=1S/C17H26N6O9/c1-7(25)13(17(31)32)23-16(30)11(3-12(26)27)22-15(29)10(2-8-4-19-6-20-8)21-14(28)9(18)5-24/h4,6-7,9-11,13,24-25H,2-3,5,18H2,1H3,(H,19,20)(H,21,28)(H,22,29)(H,23,30)(H,26,27)(H,31,32). The molecule has 1 aromatic rings. The van der Waals surface area contributed by atoms with Gasteiger partial charge in [-0.1, -0.05) is 0 Å². The lowest BCUT2D eigenvalue weighted by Gasteiger charge is -2.24. The number of aliphatic carboxylic acids is 2. The van der Waals surface area contributed by atoms with Crippen LogP contribution in [0.25, 0.3) is 0 Å². The topological polar surface area (TPSA) is 257 Å². The number of hydrogen-bond donors (Lipinski definition) is 9. The molecule has 5 unspecified atom stereocenters. The number of aromatic amines is 1. The summed E-state index contributed by atoms with van der Waals surface area (Å²) in [5, 5.41) is 43.0. The van der Waals surface area contributed by atoms with Crippen molar-refractivity contribution in [3.63, 3.8) is 0 Å². The number of nitrogens with zero attached hydrogens (tertiary/aromatic N) is 1. The van der Waals surface area contributed by atoms with E-state index < -0.39 is 73.0 Å². The Kier molecular flexibility index (Phi) is 10.2. The maximum absolute atomic E-state index is 12.8. The molecular weight excluding hydrogens is 432 g/mol. The van der Waals surface area contributed by atoms with Crippen LogP contribution in [0.5, 0.6) is 0 Å². The molecule has 0 spiro atoms. The van der Waals surface area contributed by atoms with Crippen LogP contribution >= 0.6 is 0 Å². The van der Waals surface area contributed by atoms with Crippen molar-refractivity contribution in [3.05, 3.63) is 18.2 Å². The summed E-state index contributed by atoms with van der Waals surface area (Å²) in [6, 6.07) is -6.17. The predicted octanol–water partition coefficient (Wildman–Crippen LogP) is -4.33. The van der Waals surface area contributed by atoms with E-state index in [0.717, 1.165) is 6.92 Å². The molecule has 0 fully saturated rings. The van der Waals surface area contributed by atoms with E-state index in [1.54, 1.807) is 0 Å². The summed E-state index contributed by atoms with van der Waals surface area (Å²) in [6.07, 6.45) is 0.103. The van der Waals surface area contributed by atoms with E-state index in [1.165, 1.54) is 12.5 Å². The fourth-order valence-corrected chi connectivity index (χ4v) is 2.49. The first-order chi connectivity index (χ1) is 15.0. The molecule has 0 radical (unpaired) electrons. The van der Waals surface area contributed by atoms with Crippen LogP contribution in [0.3, 0.4) is 0 Å². The Balaban J connectivity index is 3.04. The number of amides is 3. The zero-order valence-corrected chi connectivity index (χ0v) is 17.0. The first-order valence-electron chi connectivity index (χ1n) is 9.33. The number of aliphatic hydroxyl groups excluding tert-OH is 2. The fraction of sp³-hybridized carbons (Fsp3) is 0.529. The number of aliphatic hydroxyl groups is 2. The third-order valence-electron chi connectivity index (χ3n) is 4.20. The van der Waals surface area contributed by atoms with Crippen molar-refractivity contribution in [1.29, 1.82) is 0 Å². The van der Waals surface area contributed by atoms with Crippen molar-refractivity contribution >= 4 is 29.7 Å². The van der Waals surface area contributed by atoms with Crippen LogP contribution < -0.4 is 21.7 Å². The van der Waals surface area contributed by atoms with Crippen molar-refractivity contribution < 1.29 is 44.4 Å². The molecular formula is C17H26N6O9. The Labute approximate surface area is 181 Å². The van der Waals surface area contributed by atoms with E-state index in [9.17, 15) is 29.1 Å². The molecule has 0 aliphatic heterocycles. The number of aromatic nitrogens is 2. The first-order valence-corrected chi connectivity index (χ1v) is 9.33. The van der Waals surface area contributed by atoms with Crippen LogP contribution in [-0.4, -0.2) is 96.9 Å². The minimum absolute atomic E-state index is 0.150. The summed E-state index contributed by atoms with van der Waals surface area (Å²) < 4.78 is 0. The average Bonchev–Trinajstić information content (AvgIpc) is 3.22. The van der Waals surface area contributed by atoms with Gasteiger partial charge in [-0.2, -0.15) is 0 Å². The van der Waals surface area contributed by atoms with Gasteiger partial charge in [0.1, 0.15) is 18.1 Å². The van der Waals surface area contributed by atoms with Gasteiger partial charge in [-0.15, -0.1) is 0 Å². The zero-order chi connectivity index (χ0) is 24.4. The maximum Gasteiger partial charge on any atom is 0.328 e. The van der Waals surface area contributed by atoms with Crippen LogP contribution in [0.1, 0.15) is 19.0 Å². The van der Waals surface area contributed by atoms with E-state index in [-0.39, 0.29) is 6.42 Å². The Morgan fingerprint density at radius 2 is 1.66 bits per heavy atom. The molecule has 32 heavy (non-hydrogen) atoms. The smallest absolute Gasteiger partial charge is 0.328 e. The van der Waals surface area contributed by atoms with Gasteiger partial charge < -0.3 is 47.1 Å². The van der Waals surface area contributed by atoms with Crippen molar-refractivity contribution in [1.82, 2.24) is 25.9 Å². The SMILES string of the molecule is CC(O)C(NC(=O)C(CC(=O)O)NC(=O)C(Cc1cnc[nH]1)NC(=O)C(N)CO)C(=O)O. The van der Waals surface area contributed by atoms with Crippen LogP contribution in [-0.2, 0) is 30.4 Å². The number of carbonyl (C=O) groups is 5. The second kappa shape index (κ2) is 12.3. The van der Waals surface area contributed by atoms with Crippen molar-refractivity contribution in [2.75, 3.05) is 6.61 Å². The number of H-pyrrole nitrogens is 1.